The van der Waals surface area contributed by atoms with Crippen LogP contribution in [0.5, 0.6) is 0 Å². The predicted molar refractivity (Wildman–Crippen MR) is 167 cm³/mol. The van der Waals surface area contributed by atoms with Crippen molar-refractivity contribution in [2.24, 2.45) is 0 Å². The number of fused-ring (bicyclic) bond motifs is 12. The van der Waals surface area contributed by atoms with Gasteiger partial charge < -0.3 is 0 Å². The standard InChI is InChI=1S/C40H26/c1-3-14-27(15-4-1)40(28-16-5-2-6-17-28)35-22-12-11-21-33(35)39-36(40)24-23-32-34-25-26-13-7-8-18-29(26)37(34)30-19-9-10-20-31(30)38(32)39/h1-24H,25H2. The molecule has 0 unspecified atom stereocenters. The molecule has 0 saturated carbocycles. The van der Waals surface area contributed by atoms with E-state index >= 15 is 0 Å². The molecule has 0 saturated heterocycles. The molecule has 0 aliphatic heterocycles. The maximum Gasteiger partial charge on any atom is 0.0713 e. The zero-order valence-electron chi connectivity index (χ0n) is 22.1. The van der Waals surface area contributed by atoms with Crippen LogP contribution in [-0.2, 0) is 11.8 Å². The van der Waals surface area contributed by atoms with E-state index in [1.807, 2.05) is 0 Å². The van der Waals surface area contributed by atoms with Crippen molar-refractivity contribution in [2.45, 2.75) is 11.8 Å². The van der Waals surface area contributed by atoms with E-state index in [1.54, 1.807) is 0 Å². The van der Waals surface area contributed by atoms with E-state index in [-0.39, 0.29) is 5.41 Å². The van der Waals surface area contributed by atoms with Crippen LogP contribution in [0.4, 0.5) is 0 Å². The highest BCUT2D eigenvalue weighted by atomic mass is 14.5. The topological polar surface area (TPSA) is 0 Å². The molecule has 2 aliphatic rings. The van der Waals surface area contributed by atoms with Crippen molar-refractivity contribution >= 4 is 21.5 Å². The Labute approximate surface area is 234 Å². The van der Waals surface area contributed by atoms with E-state index < -0.39 is 0 Å². The van der Waals surface area contributed by atoms with Crippen LogP contribution in [0, 0.1) is 0 Å². The molecule has 0 radical (unpaired) electrons. The van der Waals surface area contributed by atoms with Gasteiger partial charge in [-0.15, -0.1) is 0 Å². The Balaban J connectivity index is 1.50. The van der Waals surface area contributed by atoms with Gasteiger partial charge in [-0.2, -0.15) is 0 Å². The quantitative estimate of drug-likeness (QED) is 0.205. The van der Waals surface area contributed by atoms with Gasteiger partial charge in [-0.05, 0) is 83.6 Å². The SMILES string of the molecule is c1ccc(C2(c3ccccc3)c3ccccc3-c3c2ccc2c4c(c5ccccc5c32)-c2ccccc2C4)cc1. The van der Waals surface area contributed by atoms with Gasteiger partial charge >= 0.3 is 0 Å². The first-order valence-electron chi connectivity index (χ1n) is 14.2. The number of rotatable bonds is 2. The number of benzene rings is 7. The summed E-state index contributed by atoms with van der Waals surface area (Å²) in [6, 6.07) is 54.2. The molecular formula is C40H26. The summed E-state index contributed by atoms with van der Waals surface area (Å²) in [4.78, 5) is 0. The minimum absolute atomic E-state index is 0.383. The highest BCUT2D eigenvalue weighted by Crippen LogP contribution is 2.59. The van der Waals surface area contributed by atoms with Crippen molar-refractivity contribution < 1.29 is 0 Å². The van der Waals surface area contributed by atoms with Crippen LogP contribution >= 0.6 is 0 Å². The minimum Gasteiger partial charge on any atom is -0.0622 e. The van der Waals surface area contributed by atoms with E-state index in [1.165, 1.54) is 77.2 Å². The van der Waals surface area contributed by atoms with E-state index in [2.05, 4.69) is 146 Å². The second-order valence-corrected chi connectivity index (χ2v) is 11.2. The lowest BCUT2D eigenvalue weighted by molar-refractivity contribution is 0.769. The summed E-state index contributed by atoms with van der Waals surface area (Å²) in [5.41, 5.74) is 13.4. The van der Waals surface area contributed by atoms with Crippen LogP contribution in [0.2, 0.25) is 0 Å². The van der Waals surface area contributed by atoms with Crippen molar-refractivity contribution in [2.75, 3.05) is 0 Å². The third kappa shape index (κ3) is 2.66. The highest BCUT2D eigenvalue weighted by Gasteiger charge is 2.47. The first-order chi connectivity index (χ1) is 19.9. The Morgan fingerprint density at radius 2 is 1.00 bits per heavy atom. The Morgan fingerprint density at radius 3 is 1.75 bits per heavy atom. The molecule has 7 aromatic rings. The summed E-state index contributed by atoms with van der Waals surface area (Å²) in [5, 5.41) is 5.48. The molecule has 0 bridgehead atoms. The summed E-state index contributed by atoms with van der Waals surface area (Å²) < 4.78 is 0. The molecule has 0 heterocycles. The lowest BCUT2D eigenvalue weighted by atomic mass is 9.67. The summed E-state index contributed by atoms with van der Waals surface area (Å²) in [6.45, 7) is 0. The van der Waals surface area contributed by atoms with Crippen molar-refractivity contribution in [1.82, 2.24) is 0 Å². The number of hydrogen-bond donors (Lipinski definition) is 0. The Kier molecular flexibility index (Phi) is 4.41. The fourth-order valence-corrected chi connectivity index (χ4v) is 7.88. The Bertz CT molecular complexity index is 2080. The van der Waals surface area contributed by atoms with Crippen LogP contribution in [0.15, 0.2) is 146 Å². The van der Waals surface area contributed by atoms with Crippen molar-refractivity contribution in [1.29, 1.82) is 0 Å². The maximum atomic E-state index is 2.44. The number of hydrogen-bond acceptors (Lipinski definition) is 0. The summed E-state index contributed by atoms with van der Waals surface area (Å²) in [6.07, 6.45) is 0.982. The summed E-state index contributed by atoms with van der Waals surface area (Å²) in [7, 11) is 0. The van der Waals surface area contributed by atoms with Gasteiger partial charge in [0.15, 0.2) is 0 Å². The summed E-state index contributed by atoms with van der Waals surface area (Å²) in [5.74, 6) is 0. The van der Waals surface area contributed by atoms with Gasteiger partial charge in [0.05, 0.1) is 5.41 Å². The molecule has 0 spiro atoms. The maximum absolute atomic E-state index is 2.44. The zero-order valence-corrected chi connectivity index (χ0v) is 22.1. The molecule has 9 rings (SSSR count). The predicted octanol–water partition coefficient (Wildman–Crippen LogP) is 9.93. The van der Waals surface area contributed by atoms with Gasteiger partial charge in [0.25, 0.3) is 0 Å². The molecule has 0 amide bonds. The Morgan fingerprint density at radius 1 is 0.400 bits per heavy atom. The van der Waals surface area contributed by atoms with Crippen LogP contribution < -0.4 is 0 Å². The van der Waals surface area contributed by atoms with Crippen LogP contribution in [0.25, 0.3) is 43.8 Å². The van der Waals surface area contributed by atoms with Crippen LogP contribution in [0.3, 0.4) is 0 Å². The molecule has 0 N–H and O–H groups in total. The molecule has 0 heteroatoms. The molecule has 2 aliphatic carbocycles. The molecule has 186 valence electrons. The molecule has 0 fully saturated rings. The second-order valence-electron chi connectivity index (χ2n) is 11.2. The van der Waals surface area contributed by atoms with Gasteiger partial charge in [0, 0.05) is 0 Å². The van der Waals surface area contributed by atoms with E-state index in [9.17, 15) is 0 Å². The largest absolute Gasteiger partial charge is 0.0713 e. The third-order valence-electron chi connectivity index (χ3n) is 9.37. The lowest BCUT2D eigenvalue weighted by Gasteiger charge is -2.34. The summed E-state index contributed by atoms with van der Waals surface area (Å²) >= 11 is 0. The van der Waals surface area contributed by atoms with Gasteiger partial charge in [-0.3, -0.25) is 0 Å². The third-order valence-corrected chi connectivity index (χ3v) is 9.37. The van der Waals surface area contributed by atoms with Gasteiger partial charge in [-0.25, -0.2) is 0 Å². The molecular weight excluding hydrogens is 480 g/mol. The monoisotopic (exact) mass is 506 g/mol. The highest BCUT2D eigenvalue weighted by molar-refractivity contribution is 6.23. The van der Waals surface area contributed by atoms with Crippen LogP contribution in [0.1, 0.15) is 33.4 Å². The first kappa shape index (κ1) is 21.9. The fraction of sp³-hybridized carbons (Fsp3) is 0.0500. The van der Waals surface area contributed by atoms with Crippen LogP contribution in [-0.4, -0.2) is 0 Å². The molecule has 0 aromatic heterocycles. The van der Waals surface area contributed by atoms with E-state index in [0.717, 1.165) is 6.42 Å². The Hall–Kier alpha value is -4.94. The van der Waals surface area contributed by atoms with Gasteiger partial charge in [-0.1, -0.05) is 146 Å². The fourth-order valence-electron chi connectivity index (χ4n) is 7.88. The molecule has 7 aromatic carbocycles. The average molecular weight is 507 g/mol. The zero-order chi connectivity index (χ0) is 26.3. The van der Waals surface area contributed by atoms with Crippen molar-refractivity contribution in [3.05, 3.63) is 179 Å². The molecule has 0 nitrogen and oxygen atoms in total. The normalized spacial score (nSPS) is 14.1. The van der Waals surface area contributed by atoms with Crippen molar-refractivity contribution in [3.8, 4) is 22.3 Å². The van der Waals surface area contributed by atoms with Gasteiger partial charge in [0.1, 0.15) is 0 Å². The second kappa shape index (κ2) is 8.04. The van der Waals surface area contributed by atoms with Crippen molar-refractivity contribution in [3.63, 3.8) is 0 Å². The smallest absolute Gasteiger partial charge is 0.0622 e. The average Bonchev–Trinajstić information content (AvgIpc) is 3.57. The van der Waals surface area contributed by atoms with Gasteiger partial charge in [0.2, 0.25) is 0 Å². The molecule has 40 heavy (non-hydrogen) atoms. The van der Waals surface area contributed by atoms with E-state index in [4.69, 9.17) is 0 Å². The molecule has 0 atom stereocenters. The lowest BCUT2D eigenvalue weighted by Crippen LogP contribution is -2.28. The first-order valence-corrected chi connectivity index (χ1v) is 14.2. The van der Waals surface area contributed by atoms with E-state index in [0.29, 0.717) is 0 Å². The minimum atomic E-state index is -0.383.